The van der Waals surface area contributed by atoms with Gasteiger partial charge in [-0.05, 0) is 6.92 Å². The third kappa shape index (κ3) is 4.44. The predicted octanol–water partition coefficient (Wildman–Crippen LogP) is 1.86. The molecular formula is C3H5S2. The minimum Gasteiger partial charge on any atom is -0.118 e. The van der Waals surface area contributed by atoms with Crippen molar-refractivity contribution < 1.29 is 0 Å². The van der Waals surface area contributed by atoms with Crippen LogP contribution in [0.25, 0.3) is 0 Å². The third-order valence-electron chi connectivity index (χ3n) is 0.203. The van der Waals surface area contributed by atoms with Crippen LogP contribution < -0.4 is 0 Å². The van der Waals surface area contributed by atoms with Crippen molar-refractivity contribution in [2.75, 3.05) is 0 Å². The lowest BCUT2D eigenvalue weighted by molar-refractivity contribution is 2.12. The maximum Gasteiger partial charge on any atom is 0.0447 e. The molecule has 0 N–H and O–H groups in total. The first kappa shape index (κ1) is 5.44. The van der Waals surface area contributed by atoms with Gasteiger partial charge in [-0.25, -0.2) is 0 Å². The van der Waals surface area contributed by atoms with E-state index in [2.05, 4.69) is 18.5 Å². The summed E-state index contributed by atoms with van der Waals surface area (Å²) in [4.78, 5) is 0. The van der Waals surface area contributed by atoms with Gasteiger partial charge >= 0.3 is 0 Å². The fourth-order valence-corrected chi connectivity index (χ4v) is 0. The van der Waals surface area contributed by atoms with Crippen LogP contribution in [0.5, 0.6) is 0 Å². The molecule has 0 heterocycles. The van der Waals surface area contributed by atoms with Gasteiger partial charge in [0.25, 0.3) is 0 Å². The molecule has 0 spiro atoms. The first-order chi connectivity index (χ1) is 2.27. The predicted molar refractivity (Wildman–Crippen MR) is 31.2 cm³/mol. The normalized spacial score (nSPS) is 7.60. The Kier molecular flexibility index (Phi) is 2.90. The molecule has 0 aliphatic rings. The summed E-state index contributed by atoms with van der Waals surface area (Å²) < 4.78 is 0.894. The number of thioether (sulfide) groups is 1. The van der Waals surface area contributed by atoms with Crippen molar-refractivity contribution in [2.24, 2.45) is 0 Å². The molecule has 0 aromatic heterocycles. The van der Waals surface area contributed by atoms with Crippen LogP contribution in [0.2, 0.25) is 0 Å². The lowest BCUT2D eigenvalue weighted by Gasteiger charge is -1.76. The first-order valence-corrected chi connectivity index (χ1v) is 2.59. The molecule has 0 aromatic carbocycles. The quantitative estimate of drug-likeness (QED) is 0.431. The standard InChI is InChI=1S/C3H5S2/c1-3(4)5-2/h2H2,1H3. The number of hydrogen-bond donors (Lipinski definition) is 0. The van der Waals surface area contributed by atoms with E-state index in [1.165, 1.54) is 11.8 Å². The zero-order valence-electron chi connectivity index (χ0n) is 3.02. The molecule has 29 valence electrons. The van der Waals surface area contributed by atoms with E-state index in [9.17, 15) is 0 Å². The summed E-state index contributed by atoms with van der Waals surface area (Å²) in [6.07, 6.45) is 3.46. The summed E-state index contributed by atoms with van der Waals surface area (Å²) >= 11 is 5.96. The third-order valence-corrected chi connectivity index (χ3v) is 0.963. The molecule has 0 aromatic rings. The lowest BCUT2D eigenvalue weighted by Crippen LogP contribution is -1.64. The van der Waals surface area contributed by atoms with Crippen molar-refractivity contribution in [2.45, 2.75) is 6.92 Å². The second-order valence-corrected chi connectivity index (χ2v) is 2.41. The van der Waals surface area contributed by atoms with E-state index in [1.54, 1.807) is 0 Å². The second kappa shape index (κ2) is 2.67. The molecule has 0 unspecified atom stereocenters. The highest BCUT2D eigenvalue weighted by Crippen LogP contribution is 1.96. The van der Waals surface area contributed by atoms with Crippen LogP contribution in [-0.4, -0.2) is 4.20 Å². The SMILES string of the molecule is [CH2]SC(C)=S. The van der Waals surface area contributed by atoms with Crippen LogP contribution in [0.15, 0.2) is 0 Å². The summed E-state index contributed by atoms with van der Waals surface area (Å²) in [5.74, 6) is 0. The molecule has 0 amide bonds. The van der Waals surface area contributed by atoms with Crippen molar-refractivity contribution in [1.82, 2.24) is 0 Å². The summed E-state index contributed by atoms with van der Waals surface area (Å²) in [5.41, 5.74) is 0. The number of thiocarbonyl (C=S) groups is 1. The fraction of sp³-hybridized carbons (Fsp3) is 0.333. The Morgan fingerprint density at radius 2 is 2.20 bits per heavy atom. The molecule has 2 heteroatoms. The minimum atomic E-state index is 0.894. The van der Waals surface area contributed by atoms with E-state index in [0.29, 0.717) is 0 Å². The van der Waals surface area contributed by atoms with E-state index in [4.69, 9.17) is 0 Å². The van der Waals surface area contributed by atoms with Gasteiger partial charge in [-0.2, -0.15) is 0 Å². The highest BCUT2D eigenvalue weighted by Gasteiger charge is 1.71. The van der Waals surface area contributed by atoms with Gasteiger partial charge in [0, 0.05) is 10.5 Å². The molecule has 1 radical (unpaired) electrons. The van der Waals surface area contributed by atoms with Crippen LogP contribution in [0.4, 0.5) is 0 Å². The molecule has 0 atom stereocenters. The Bertz CT molecular complexity index is 40.2. The molecule has 0 bridgehead atoms. The molecule has 0 saturated carbocycles. The lowest BCUT2D eigenvalue weighted by atomic mass is 11.0. The van der Waals surface area contributed by atoms with Crippen LogP contribution >= 0.6 is 24.0 Å². The van der Waals surface area contributed by atoms with Gasteiger partial charge in [-0.3, -0.25) is 0 Å². The van der Waals surface area contributed by atoms with Gasteiger partial charge in [0.2, 0.25) is 0 Å². The van der Waals surface area contributed by atoms with E-state index >= 15 is 0 Å². The summed E-state index contributed by atoms with van der Waals surface area (Å²) in [7, 11) is 0. The van der Waals surface area contributed by atoms with E-state index < -0.39 is 0 Å². The number of rotatable bonds is 0. The maximum absolute atomic E-state index is 4.60. The van der Waals surface area contributed by atoms with Crippen LogP contribution in [0, 0.1) is 6.26 Å². The topological polar surface area (TPSA) is 0 Å². The summed E-state index contributed by atoms with van der Waals surface area (Å²) in [5, 5.41) is 0. The molecule has 0 nitrogen and oxygen atoms in total. The number of hydrogen-bond acceptors (Lipinski definition) is 2. The Hall–Kier alpha value is 0.440. The molecule has 0 rings (SSSR count). The van der Waals surface area contributed by atoms with Gasteiger partial charge in [0.15, 0.2) is 0 Å². The molecular weight excluding hydrogens is 100 g/mol. The maximum atomic E-state index is 4.60. The van der Waals surface area contributed by atoms with Crippen molar-refractivity contribution in [3.63, 3.8) is 0 Å². The zero-order chi connectivity index (χ0) is 4.28. The largest absolute Gasteiger partial charge is 0.118 e. The van der Waals surface area contributed by atoms with Crippen molar-refractivity contribution in [3.05, 3.63) is 6.26 Å². The van der Waals surface area contributed by atoms with Crippen LogP contribution in [0.3, 0.4) is 0 Å². The second-order valence-electron chi connectivity index (χ2n) is 0.636. The Labute approximate surface area is 42.0 Å². The van der Waals surface area contributed by atoms with Gasteiger partial charge in [0.1, 0.15) is 0 Å². The Balaban J connectivity index is 2.85. The molecule has 0 aliphatic heterocycles. The Morgan fingerprint density at radius 1 is 2.00 bits per heavy atom. The van der Waals surface area contributed by atoms with Crippen LogP contribution in [-0.2, 0) is 0 Å². The zero-order valence-corrected chi connectivity index (χ0v) is 4.66. The van der Waals surface area contributed by atoms with Gasteiger partial charge in [-0.15, -0.1) is 11.8 Å². The van der Waals surface area contributed by atoms with E-state index in [1.807, 2.05) is 6.92 Å². The minimum absolute atomic E-state index is 0.894. The average molecular weight is 105 g/mol. The smallest absolute Gasteiger partial charge is 0.0447 e. The monoisotopic (exact) mass is 105 g/mol. The molecule has 0 saturated heterocycles. The van der Waals surface area contributed by atoms with Gasteiger partial charge in [-0.1, -0.05) is 12.2 Å². The van der Waals surface area contributed by atoms with Crippen molar-refractivity contribution >= 4 is 28.2 Å². The van der Waals surface area contributed by atoms with E-state index in [-0.39, 0.29) is 0 Å². The van der Waals surface area contributed by atoms with Gasteiger partial charge in [0.05, 0.1) is 0 Å². The molecule has 0 aliphatic carbocycles. The summed E-state index contributed by atoms with van der Waals surface area (Å²) in [6.45, 7) is 1.85. The average Bonchev–Trinajstić information content (AvgIpc) is 1.38. The van der Waals surface area contributed by atoms with Crippen molar-refractivity contribution in [1.29, 1.82) is 0 Å². The molecule has 0 fully saturated rings. The fourth-order valence-electron chi connectivity index (χ4n) is 0. The first-order valence-electron chi connectivity index (χ1n) is 1.20. The Morgan fingerprint density at radius 3 is 2.20 bits per heavy atom. The highest BCUT2D eigenvalue weighted by molar-refractivity contribution is 8.23. The van der Waals surface area contributed by atoms with E-state index in [0.717, 1.165) is 4.20 Å². The van der Waals surface area contributed by atoms with Gasteiger partial charge < -0.3 is 0 Å². The highest BCUT2D eigenvalue weighted by atomic mass is 32.2. The summed E-state index contributed by atoms with van der Waals surface area (Å²) in [6, 6.07) is 0. The van der Waals surface area contributed by atoms with Crippen LogP contribution in [0.1, 0.15) is 6.92 Å². The molecule has 5 heavy (non-hydrogen) atoms. The van der Waals surface area contributed by atoms with Crippen molar-refractivity contribution in [3.8, 4) is 0 Å².